The topological polar surface area (TPSA) is 114 Å². The molecular formula is C18H20FN3O5. The van der Waals surface area contributed by atoms with Crippen LogP contribution < -0.4 is 11.0 Å². The van der Waals surface area contributed by atoms with E-state index in [0.29, 0.717) is 6.42 Å². The van der Waals surface area contributed by atoms with Crippen molar-refractivity contribution in [2.24, 2.45) is 0 Å². The fourth-order valence-electron chi connectivity index (χ4n) is 2.87. The van der Waals surface area contributed by atoms with E-state index in [9.17, 15) is 24.2 Å². The normalized spacial score (nSPS) is 24.7. The van der Waals surface area contributed by atoms with Crippen LogP contribution in [0.4, 0.5) is 10.2 Å². The molecule has 2 aromatic rings. The molecule has 1 aromatic heterocycles. The maximum absolute atomic E-state index is 14.3. The number of amides is 1. The molecule has 0 spiro atoms. The van der Waals surface area contributed by atoms with Gasteiger partial charge in [0.15, 0.2) is 17.9 Å². The molecular weight excluding hydrogens is 357 g/mol. The van der Waals surface area contributed by atoms with Gasteiger partial charge in [-0.15, -0.1) is 0 Å². The van der Waals surface area contributed by atoms with Crippen LogP contribution in [0.3, 0.4) is 0 Å². The van der Waals surface area contributed by atoms with Gasteiger partial charge in [0.2, 0.25) is 5.91 Å². The number of anilines is 1. The van der Waals surface area contributed by atoms with Crippen LogP contribution in [0.25, 0.3) is 0 Å². The number of benzene rings is 1. The lowest BCUT2D eigenvalue weighted by atomic mass is 10.1. The van der Waals surface area contributed by atoms with E-state index in [0.717, 1.165) is 16.3 Å². The number of hydrogen-bond donors (Lipinski definition) is 3. The van der Waals surface area contributed by atoms with Crippen LogP contribution in [0, 0.1) is 5.82 Å². The maximum Gasteiger partial charge on any atom is 0.351 e. The summed E-state index contributed by atoms with van der Waals surface area (Å²) in [5, 5.41) is 21.9. The molecule has 1 fully saturated rings. The quantitative estimate of drug-likeness (QED) is 0.703. The van der Waals surface area contributed by atoms with E-state index < -0.39 is 47.8 Å². The Bertz CT molecular complexity index is 873. The van der Waals surface area contributed by atoms with Crippen LogP contribution in [-0.4, -0.2) is 44.0 Å². The summed E-state index contributed by atoms with van der Waals surface area (Å²) in [7, 11) is 0. The van der Waals surface area contributed by atoms with Gasteiger partial charge < -0.3 is 20.3 Å². The van der Waals surface area contributed by atoms with E-state index in [1.165, 1.54) is 6.92 Å². The predicted molar refractivity (Wildman–Crippen MR) is 93.4 cm³/mol. The third kappa shape index (κ3) is 4.21. The molecule has 1 amide bonds. The molecule has 27 heavy (non-hydrogen) atoms. The Morgan fingerprint density at radius 2 is 2.00 bits per heavy atom. The summed E-state index contributed by atoms with van der Waals surface area (Å²) in [5.74, 6) is -1.92. The average molecular weight is 377 g/mol. The predicted octanol–water partition coefficient (Wildman–Crippen LogP) is 0.593. The fourth-order valence-corrected chi connectivity index (χ4v) is 2.87. The summed E-state index contributed by atoms with van der Waals surface area (Å²) in [6.07, 6.45) is -3.23. The number of hydrogen-bond acceptors (Lipinski definition) is 6. The Morgan fingerprint density at radius 1 is 1.30 bits per heavy atom. The zero-order valence-electron chi connectivity index (χ0n) is 14.6. The Balaban J connectivity index is 1.70. The first kappa shape index (κ1) is 19.2. The summed E-state index contributed by atoms with van der Waals surface area (Å²) in [4.78, 5) is 27.7. The number of rotatable bonds is 5. The molecule has 1 aromatic carbocycles. The van der Waals surface area contributed by atoms with Crippen molar-refractivity contribution in [3.05, 3.63) is 58.4 Å². The maximum atomic E-state index is 14.3. The van der Waals surface area contributed by atoms with Crippen LogP contribution in [0.5, 0.6) is 0 Å². The lowest BCUT2D eigenvalue weighted by molar-refractivity contribution is -0.116. The lowest BCUT2D eigenvalue weighted by Gasteiger charge is -2.17. The molecule has 144 valence electrons. The minimum atomic E-state index is -1.40. The molecule has 3 rings (SSSR count). The Morgan fingerprint density at radius 3 is 2.63 bits per heavy atom. The van der Waals surface area contributed by atoms with Crippen molar-refractivity contribution >= 4 is 11.7 Å². The first-order chi connectivity index (χ1) is 12.9. The van der Waals surface area contributed by atoms with Gasteiger partial charge in [-0.1, -0.05) is 30.3 Å². The standard InChI is InChI=1S/C18H20FN3O5/c1-10-14(24)15(25)17(27-10)22-9-12(19)16(21-18(22)26)20-13(23)8-7-11-5-3-2-4-6-11/h2-6,9-10,14-15,17,24-25H,7-8H2,1H3,(H,20,21,23,26)/t10-,14-,15-,17-/m1/s1. The number of nitrogens with zero attached hydrogens (tertiary/aromatic N) is 2. The molecule has 0 bridgehead atoms. The molecule has 2 heterocycles. The molecule has 0 radical (unpaired) electrons. The molecule has 8 nitrogen and oxygen atoms in total. The summed E-state index contributed by atoms with van der Waals surface area (Å²) in [6, 6.07) is 9.31. The Kier molecular flexibility index (Phi) is 5.64. The highest BCUT2D eigenvalue weighted by molar-refractivity contribution is 5.89. The molecule has 9 heteroatoms. The van der Waals surface area contributed by atoms with Gasteiger partial charge in [-0.05, 0) is 18.9 Å². The monoisotopic (exact) mass is 377 g/mol. The van der Waals surface area contributed by atoms with E-state index in [2.05, 4.69) is 10.3 Å². The zero-order chi connectivity index (χ0) is 19.6. The fraction of sp³-hybridized carbons (Fsp3) is 0.389. The third-order valence-corrected chi connectivity index (χ3v) is 4.40. The second kappa shape index (κ2) is 7.95. The van der Waals surface area contributed by atoms with Crippen molar-refractivity contribution in [1.29, 1.82) is 0 Å². The molecule has 1 aliphatic rings. The van der Waals surface area contributed by atoms with Crippen LogP contribution in [0.1, 0.15) is 25.1 Å². The third-order valence-electron chi connectivity index (χ3n) is 4.40. The first-order valence-electron chi connectivity index (χ1n) is 8.51. The summed E-state index contributed by atoms with van der Waals surface area (Å²) >= 11 is 0. The number of aryl methyl sites for hydroxylation is 1. The van der Waals surface area contributed by atoms with Crippen molar-refractivity contribution in [3.8, 4) is 0 Å². The van der Waals surface area contributed by atoms with Crippen LogP contribution in [0.2, 0.25) is 0 Å². The molecule has 0 saturated carbocycles. The van der Waals surface area contributed by atoms with E-state index in [4.69, 9.17) is 4.74 Å². The van der Waals surface area contributed by atoms with Crippen molar-refractivity contribution in [2.75, 3.05) is 5.32 Å². The lowest BCUT2D eigenvalue weighted by Crippen LogP contribution is -2.36. The van der Waals surface area contributed by atoms with Gasteiger partial charge in [0, 0.05) is 6.42 Å². The smallest absolute Gasteiger partial charge is 0.351 e. The van der Waals surface area contributed by atoms with Gasteiger partial charge in [0.25, 0.3) is 0 Å². The van der Waals surface area contributed by atoms with Crippen molar-refractivity contribution in [3.63, 3.8) is 0 Å². The van der Waals surface area contributed by atoms with Crippen LogP contribution in [-0.2, 0) is 16.0 Å². The second-order valence-corrected chi connectivity index (χ2v) is 6.37. The largest absolute Gasteiger partial charge is 0.388 e. The van der Waals surface area contributed by atoms with E-state index >= 15 is 0 Å². The number of carbonyl (C=O) groups is 1. The van der Waals surface area contributed by atoms with E-state index in [-0.39, 0.29) is 6.42 Å². The molecule has 0 unspecified atom stereocenters. The Hall–Kier alpha value is -2.62. The van der Waals surface area contributed by atoms with Gasteiger partial charge in [0.05, 0.1) is 12.3 Å². The number of ether oxygens (including phenoxy) is 1. The minimum absolute atomic E-state index is 0.0996. The number of aromatic nitrogens is 2. The molecule has 0 aliphatic carbocycles. The molecule has 1 saturated heterocycles. The SMILES string of the molecule is C[C@H]1O[C@@H](n2cc(F)c(NC(=O)CCc3ccccc3)nc2=O)[C@H](O)[C@@H]1O. The summed E-state index contributed by atoms with van der Waals surface area (Å²) in [5.41, 5.74) is 0.0386. The number of nitrogens with one attached hydrogen (secondary N) is 1. The highest BCUT2D eigenvalue weighted by Gasteiger charge is 2.42. The Labute approximate surface area is 154 Å². The minimum Gasteiger partial charge on any atom is -0.388 e. The van der Waals surface area contributed by atoms with Crippen molar-refractivity contribution in [1.82, 2.24) is 9.55 Å². The van der Waals surface area contributed by atoms with Crippen molar-refractivity contribution in [2.45, 2.75) is 44.3 Å². The van der Waals surface area contributed by atoms with Gasteiger partial charge in [-0.3, -0.25) is 9.36 Å². The molecule has 4 atom stereocenters. The first-order valence-corrected chi connectivity index (χ1v) is 8.51. The number of aliphatic hydroxyl groups excluding tert-OH is 2. The van der Waals surface area contributed by atoms with Crippen LogP contribution in [0.15, 0.2) is 41.3 Å². The highest BCUT2D eigenvalue weighted by Crippen LogP contribution is 2.28. The van der Waals surface area contributed by atoms with Gasteiger partial charge >= 0.3 is 5.69 Å². The van der Waals surface area contributed by atoms with Crippen LogP contribution >= 0.6 is 0 Å². The number of halogens is 1. The van der Waals surface area contributed by atoms with Gasteiger partial charge in [-0.25, -0.2) is 9.18 Å². The molecule has 3 N–H and O–H groups in total. The van der Waals surface area contributed by atoms with Gasteiger partial charge in [-0.2, -0.15) is 4.98 Å². The average Bonchev–Trinajstić information content (AvgIpc) is 2.91. The summed E-state index contributed by atoms with van der Waals surface area (Å²) < 4.78 is 20.3. The van der Waals surface area contributed by atoms with E-state index in [1.807, 2.05) is 30.3 Å². The number of aliphatic hydroxyl groups is 2. The second-order valence-electron chi connectivity index (χ2n) is 6.37. The number of carbonyl (C=O) groups excluding carboxylic acids is 1. The van der Waals surface area contributed by atoms with Gasteiger partial charge in [0.1, 0.15) is 12.2 Å². The summed E-state index contributed by atoms with van der Waals surface area (Å²) in [6.45, 7) is 1.52. The van der Waals surface area contributed by atoms with E-state index in [1.54, 1.807) is 0 Å². The highest BCUT2D eigenvalue weighted by atomic mass is 19.1. The zero-order valence-corrected chi connectivity index (χ0v) is 14.6. The molecule has 1 aliphatic heterocycles. The van der Waals surface area contributed by atoms with Crippen molar-refractivity contribution < 1.29 is 24.1 Å².